The van der Waals surface area contributed by atoms with Gasteiger partial charge in [0.2, 0.25) is 0 Å². The van der Waals surface area contributed by atoms with Crippen molar-refractivity contribution in [1.29, 1.82) is 0 Å². The molecule has 1 saturated carbocycles. The molecule has 0 unspecified atom stereocenters. The van der Waals surface area contributed by atoms with Gasteiger partial charge in [0.25, 0.3) is 0 Å². The Kier molecular flexibility index (Phi) is 35.1. The summed E-state index contributed by atoms with van der Waals surface area (Å²) in [4.78, 5) is 12.5. The molecular formula is C115H167N19O4. The summed E-state index contributed by atoms with van der Waals surface area (Å²) in [6.45, 7) is 75.7. The molecule has 23 heteroatoms. The van der Waals surface area contributed by atoms with Crippen LogP contribution in [0.3, 0.4) is 0 Å². The number of ether oxygens (including phenoxy) is 4. The molecule has 23 nitrogen and oxygen atoms in total. The Labute approximate surface area is 824 Å². The first kappa shape index (κ1) is 104. The van der Waals surface area contributed by atoms with Crippen LogP contribution in [-0.4, -0.2) is 244 Å². The minimum atomic E-state index is 0.171. The van der Waals surface area contributed by atoms with E-state index in [1.165, 1.54) is 193 Å². The molecule has 7 aromatic carbocycles. The minimum absolute atomic E-state index is 0.171. The highest BCUT2D eigenvalue weighted by atomic mass is 16.5. The SMILES string of the molecule is CC(C)(C)c1ccc2c(cnn2C2CC2)c1.CC(C)(C)c1ccc2c(cnn2CCN2CCCC2)c1.CC(C)(C)c1ccc2c(cnn2CCN2CCOCC2)c1.CC(C)(C)c1ccc2cnn(CCCN3CCCC3)c2c1.CC(C)(C)c1ccc2cnn(CCCN3CCOCC3)c2c1.CC(C)(C)c1ccc2cnn(CCN3CCOCC3)c2c1.COCCn1ncc2ccc(C(C)(C)C)cc21. The van der Waals surface area contributed by atoms with Gasteiger partial charge in [0.05, 0.1) is 160 Å². The molecule has 12 heterocycles. The molecule has 746 valence electrons. The first-order valence-corrected chi connectivity index (χ1v) is 51.9. The lowest BCUT2D eigenvalue weighted by Crippen LogP contribution is -2.38. The highest BCUT2D eigenvalue weighted by Crippen LogP contribution is 2.39. The molecule has 0 amide bonds. The zero-order valence-electron chi connectivity index (χ0n) is 88.3. The van der Waals surface area contributed by atoms with Crippen molar-refractivity contribution in [1.82, 2.24) is 93.0 Å². The molecule has 20 rings (SSSR count). The molecule has 1 aliphatic carbocycles. The van der Waals surface area contributed by atoms with E-state index in [4.69, 9.17) is 18.9 Å². The van der Waals surface area contributed by atoms with Crippen LogP contribution < -0.4 is 0 Å². The normalized spacial score (nSPS) is 16.6. The van der Waals surface area contributed by atoms with E-state index in [1.54, 1.807) is 7.11 Å². The average molecular weight is 1880 g/mol. The molecule has 0 atom stereocenters. The Hall–Kier alpha value is -9.53. The number of methoxy groups -OCH3 is 1. The summed E-state index contributed by atoms with van der Waals surface area (Å²) in [5.74, 6) is 0. The second-order valence-electron chi connectivity index (χ2n) is 46.4. The van der Waals surface area contributed by atoms with E-state index in [1.807, 2.05) is 48.1 Å². The van der Waals surface area contributed by atoms with Gasteiger partial charge >= 0.3 is 0 Å². The summed E-state index contributed by atoms with van der Waals surface area (Å²) in [6, 6.07) is 47.6. The van der Waals surface area contributed by atoms with Gasteiger partial charge in [0, 0.05) is 123 Å². The molecule has 0 radical (unpaired) electrons. The van der Waals surface area contributed by atoms with Gasteiger partial charge in [-0.2, -0.15) is 35.7 Å². The number of hydrogen-bond acceptors (Lipinski definition) is 16. The first-order chi connectivity index (χ1) is 65.8. The maximum Gasteiger partial charge on any atom is 0.0686 e. The van der Waals surface area contributed by atoms with E-state index in [9.17, 15) is 0 Å². The highest BCUT2D eigenvalue weighted by Gasteiger charge is 2.28. The van der Waals surface area contributed by atoms with E-state index in [0.29, 0.717) is 12.6 Å². The predicted octanol–water partition coefficient (Wildman–Crippen LogP) is 22.3. The largest absolute Gasteiger partial charge is 0.383 e. The summed E-state index contributed by atoms with van der Waals surface area (Å²) >= 11 is 0. The number of nitrogens with zero attached hydrogens (tertiary/aromatic N) is 19. The quantitative estimate of drug-likeness (QED) is 0.0663. The van der Waals surface area contributed by atoms with Crippen molar-refractivity contribution in [3.8, 4) is 0 Å². The van der Waals surface area contributed by atoms with E-state index >= 15 is 0 Å². The third-order valence-corrected chi connectivity index (χ3v) is 28.2. The van der Waals surface area contributed by atoms with Gasteiger partial charge < -0.3 is 28.7 Å². The van der Waals surface area contributed by atoms with Gasteiger partial charge in [-0.15, -0.1) is 0 Å². The fourth-order valence-electron chi connectivity index (χ4n) is 18.7. The number of fused-ring (bicyclic) bond motifs is 7. The predicted molar refractivity (Wildman–Crippen MR) is 572 cm³/mol. The summed E-state index contributed by atoms with van der Waals surface area (Å²) in [6.07, 6.45) is 24.2. The number of morpholine rings is 3. The molecule has 5 saturated heterocycles. The van der Waals surface area contributed by atoms with Gasteiger partial charge in [-0.25, -0.2) is 0 Å². The Bertz CT molecular complexity index is 6150. The number of likely N-dealkylation sites (tertiary alicyclic amines) is 2. The fourth-order valence-corrected chi connectivity index (χ4v) is 18.7. The van der Waals surface area contributed by atoms with E-state index in [0.717, 1.165) is 151 Å². The number of hydrogen-bond donors (Lipinski definition) is 0. The molecule has 7 aromatic heterocycles. The Morgan fingerprint density at radius 1 is 0.246 bits per heavy atom. The lowest BCUT2D eigenvalue weighted by Gasteiger charge is -2.26. The molecule has 0 bridgehead atoms. The number of rotatable bonds is 21. The van der Waals surface area contributed by atoms with Crippen molar-refractivity contribution < 1.29 is 18.9 Å². The van der Waals surface area contributed by atoms with Crippen molar-refractivity contribution in [2.45, 2.75) is 280 Å². The summed E-state index contributed by atoms with van der Waals surface area (Å²) < 4.78 is 36.2. The van der Waals surface area contributed by atoms with E-state index < -0.39 is 0 Å². The maximum absolute atomic E-state index is 5.40. The molecule has 0 spiro atoms. The van der Waals surface area contributed by atoms with Gasteiger partial charge in [-0.1, -0.05) is 212 Å². The van der Waals surface area contributed by atoms with Crippen LogP contribution in [-0.2, 0) is 96.1 Å². The Balaban J connectivity index is 0.000000129. The molecular weight excluding hydrogens is 1710 g/mol. The van der Waals surface area contributed by atoms with Gasteiger partial charge in [-0.05, 0) is 222 Å². The smallest absolute Gasteiger partial charge is 0.0686 e. The summed E-state index contributed by atoms with van der Waals surface area (Å²) in [7, 11) is 1.71. The highest BCUT2D eigenvalue weighted by molar-refractivity contribution is 5.84. The van der Waals surface area contributed by atoms with Crippen LogP contribution in [0.2, 0.25) is 0 Å². The lowest BCUT2D eigenvalue weighted by molar-refractivity contribution is 0.0361. The molecule has 6 fully saturated rings. The average Bonchev–Trinajstić information content (AvgIpc) is 1.63. The standard InChI is InChI=1S/C18H27N3O.C18H27N3.2C17H25N3O.C17H25N3.C14H20N2O.C14H18N2/c1-18(2,3)16-6-5-15-14-19-21(17(15)13-16)8-4-7-20-9-11-22-12-10-20;1-18(2,3)16-8-7-15-14-19-21(17(15)13-16)12-6-11-20-9-4-5-10-20;1-17(2,3)15-4-5-16-14(12-15)13-18-20(16)7-6-19-8-10-21-11-9-19;1-17(2,3)15-5-4-14-13-18-20(16(14)12-15)7-6-19-8-10-21-11-9-19;1-17(2,3)15-6-7-16-14(12-15)13-18-20(16)11-10-19-8-4-5-9-19;1-14(2,3)12-6-5-11-10-15-16(7-8-17-4)13(11)9-12;1-14(2,3)11-4-7-13-10(8-11)9-15-16(13)12-5-6-12/h5-6,13-14H,4,7-12H2,1-3H3;7-8,13-14H,4-6,9-12H2,1-3H3;2*4-5,12-13H,6-11H2,1-3H3;6-7,12-13H,4-5,8-11H2,1-3H3;5-6,9-10H,7-8H2,1-4H3;4,7-9,12H,5-6H2,1-3H3. The van der Waals surface area contributed by atoms with Gasteiger partial charge in [-0.3, -0.25) is 47.5 Å². The van der Waals surface area contributed by atoms with Crippen molar-refractivity contribution >= 4 is 76.3 Å². The monoisotopic (exact) mass is 1880 g/mol. The van der Waals surface area contributed by atoms with Crippen LogP contribution in [0.5, 0.6) is 0 Å². The van der Waals surface area contributed by atoms with Crippen LogP contribution in [0.4, 0.5) is 0 Å². The minimum Gasteiger partial charge on any atom is -0.383 e. The lowest BCUT2D eigenvalue weighted by atomic mass is 9.86. The molecule has 5 aliphatic heterocycles. The molecule has 14 aromatic rings. The van der Waals surface area contributed by atoms with Crippen LogP contribution in [0.25, 0.3) is 76.3 Å². The Morgan fingerprint density at radius 3 is 0.790 bits per heavy atom. The first-order valence-electron chi connectivity index (χ1n) is 51.9. The molecule has 0 N–H and O–H groups in total. The summed E-state index contributed by atoms with van der Waals surface area (Å²) in [5.41, 5.74) is 19.7. The zero-order valence-corrected chi connectivity index (χ0v) is 88.3. The second kappa shape index (κ2) is 46.5. The topological polar surface area (TPSA) is 178 Å². The Morgan fingerprint density at radius 2 is 0.486 bits per heavy atom. The number of aryl methyl sites for hydroxylation is 2. The van der Waals surface area contributed by atoms with E-state index in [2.05, 4.69) is 361 Å². The van der Waals surface area contributed by atoms with E-state index in [-0.39, 0.29) is 37.9 Å². The third-order valence-electron chi connectivity index (χ3n) is 28.2. The van der Waals surface area contributed by atoms with Crippen molar-refractivity contribution in [3.63, 3.8) is 0 Å². The van der Waals surface area contributed by atoms with Crippen LogP contribution in [0.15, 0.2) is 171 Å². The van der Waals surface area contributed by atoms with Crippen LogP contribution >= 0.6 is 0 Å². The van der Waals surface area contributed by atoms with Gasteiger partial charge in [0.15, 0.2) is 0 Å². The van der Waals surface area contributed by atoms with Gasteiger partial charge in [0.1, 0.15) is 0 Å². The maximum atomic E-state index is 5.40. The summed E-state index contributed by atoms with van der Waals surface area (Å²) in [5, 5.41) is 40.4. The number of aromatic nitrogens is 14. The van der Waals surface area contributed by atoms with Crippen LogP contribution in [0, 0.1) is 0 Å². The fraction of sp³-hybridized carbons (Fsp3) is 0.574. The van der Waals surface area contributed by atoms with Crippen LogP contribution in [0.1, 0.15) is 242 Å². The number of benzene rings is 7. The molecule has 6 aliphatic rings. The second-order valence-corrected chi connectivity index (χ2v) is 46.4. The third kappa shape index (κ3) is 28.9. The van der Waals surface area contributed by atoms with Crippen molar-refractivity contribution in [3.05, 3.63) is 210 Å². The van der Waals surface area contributed by atoms with Crippen molar-refractivity contribution in [2.75, 3.05) is 152 Å². The molecule has 138 heavy (non-hydrogen) atoms. The zero-order chi connectivity index (χ0) is 98.2. The van der Waals surface area contributed by atoms with Crippen molar-refractivity contribution in [2.24, 2.45) is 0 Å².